The van der Waals surface area contributed by atoms with Crippen LogP contribution in [0.4, 0.5) is 9.18 Å². The van der Waals surface area contributed by atoms with E-state index in [4.69, 9.17) is 4.74 Å². The first-order valence-electron chi connectivity index (χ1n) is 9.06. The highest BCUT2D eigenvalue weighted by atomic mass is 19.1. The van der Waals surface area contributed by atoms with E-state index in [1.54, 1.807) is 11.0 Å². The molecule has 136 valence electrons. The summed E-state index contributed by atoms with van der Waals surface area (Å²) < 4.78 is 19.9. The molecule has 1 saturated heterocycles. The molecular formula is C20H27FN2O2. The number of carbonyl (C=O) groups excluding carboxylic acids is 1. The number of hydrogen-bond donors (Lipinski definition) is 1. The first kappa shape index (κ1) is 17.8. The molecule has 0 unspecified atom stereocenters. The third-order valence-corrected chi connectivity index (χ3v) is 4.85. The molecule has 0 bridgehead atoms. The van der Waals surface area contributed by atoms with Gasteiger partial charge in [0.2, 0.25) is 0 Å². The highest BCUT2D eigenvalue weighted by Crippen LogP contribution is 2.33. The zero-order valence-corrected chi connectivity index (χ0v) is 15.5. The van der Waals surface area contributed by atoms with Crippen molar-refractivity contribution in [1.82, 2.24) is 9.88 Å². The minimum absolute atomic E-state index is 0.193. The molecule has 1 amide bonds. The summed E-state index contributed by atoms with van der Waals surface area (Å²) in [5.41, 5.74) is 2.28. The van der Waals surface area contributed by atoms with Crippen LogP contribution in [0.15, 0.2) is 18.3 Å². The predicted molar refractivity (Wildman–Crippen MR) is 97.4 cm³/mol. The fourth-order valence-electron chi connectivity index (χ4n) is 3.51. The Morgan fingerprint density at radius 3 is 2.60 bits per heavy atom. The summed E-state index contributed by atoms with van der Waals surface area (Å²) in [6, 6.07) is 3.76. The van der Waals surface area contributed by atoms with Gasteiger partial charge in [0.25, 0.3) is 0 Å². The summed E-state index contributed by atoms with van der Waals surface area (Å²) in [5, 5.41) is 0.979. The van der Waals surface area contributed by atoms with Crippen LogP contribution in [0, 0.1) is 5.82 Å². The molecule has 1 aromatic carbocycles. The summed E-state index contributed by atoms with van der Waals surface area (Å²) in [6.45, 7) is 8.99. The van der Waals surface area contributed by atoms with Crippen LogP contribution in [0.3, 0.4) is 0 Å². The number of aromatic nitrogens is 1. The minimum atomic E-state index is -0.479. The Kier molecular flexibility index (Phi) is 4.76. The number of piperidine rings is 1. The maximum absolute atomic E-state index is 14.4. The summed E-state index contributed by atoms with van der Waals surface area (Å²) >= 11 is 0. The van der Waals surface area contributed by atoms with Crippen molar-refractivity contribution in [2.24, 2.45) is 0 Å². The number of halogens is 1. The number of fused-ring (bicyclic) bond motifs is 1. The number of carbonyl (C=O) groups is 1. The second-order valence-corrected chi connectivity index (χ2v) is 7.83. The third-order valence-electron chi connectivity index (χ3n) is 4.85. The van der Waals surface area contributed by atoms with E-state index in [-0.39, 0.29) is 17.8 Å². The standard InChI is InChI=1S/C20H27FN2O2/c1-5-13-12-22-18-16(13)10-15(11-17(18)21)14-6-8-23(9-7-14)19(24)25-20(2,3)4/h10-12,14,22H,5-9H2,1-4H3. The average molecular weight is 346 g/mol. The van der Waals surface area contributed by atoms with E-state index in [1.807, 2.05) is 27.0 Å². The lowest BCUT2D eigenvalue weighted by molar-refractivity contribution is 0.0205. The first-order valence-corrected chi connectivity index (χ1v) is 9.06. The Morgan fingerprint density at radius 1 is 1.32 bits per heavy atom. The van der Waals surface area contributed by atoms with Crippen molar-refractivity contribution in [3.05, 3.63) is 35.3 Å². The first-order chi connectivity index (χ1) is 11.8. The van der Waals surface area contributed by atoms with Crippen molar-refractivity contribution in [3.8, 4) is 0 Å². The highest BCUT2D eigenvalue weighted by molar-refractivity contribution is 5.84. The molecule has 1 aliphatic rings. The van der Waals surface area contributed by atoms with Gasteiger partial charge in [0.15, 0.2) is 0 Å². The van der Waals surface area contributed by atoms with E-state index in [0.717, 1.165) is 35.8 Å². The molecule has 0 spiro atoms. The molecule has 2 aromatic rings. The molecule has 1 N–H and O–H groups in total. The molecule has 0 aliphatic carbocycles. The second-order valence-electron chi connectivity index (χ2n) is 7.83. The van der Waals surface area contributed by atoms with Crippen LogP contribution in [-0.2, 0) is 11.2 Å². The van der Waals surface area contributed by atoms with E-state index >= 15 is 0 Å². The average Bonchev–Trinajstić information content (AvgIpc) is 2.97. The van der Waals surface area contributed by atoms with Gasteiger partial charge in [0, 0.05) is 24.7 Å². The quantitative estimate of drug-likeness (QED) is 0.833. The molecule has 0 saturated carbocycles. The normalized spacial score (nSPS) is 16.4. The van der Waals surface area contributed by atoms with Crippen molar-refractivity contribution in [3.63, 3.8) is 0 Å². The van der Waals surface area contributed by atoms with E-state index < -0.39 is 5.60 Å². The van der Waals surface area contributed by atoms with Gasteiger partial charge in [-0.3, -0.25) is 0 Å². The Balaban J connectivity index is 1.73. The summed E-state index contributed by atoms with van der Waals surface area (Å²) in [7, 11) is 0. The van der Waals surface area contributed by atoms with Crippen molar-refractivity contribution in [1.29, 1.82) is 0 Å². The van der Waals surface area contributed by atoms with E-state index in [2.05, 4.69) is 18.0 Å². The maximum Gasteiger partial charge on any atom is 0.410 e. The van der Waals surface area contributed by atoms with Gasteiger partial charge in [-0.15, -0.1) is 0 Å². The Bertz CT molecular complexity index is 768. The van der Waals surface area contributed by atoms with E-state index in [1.165, 1.54) is 0 Å². The third kappa shape index (κ3) is 3.80. The molecule has 2 heterocycles. The lowest BCUT2D eigenvalue weighted by Crippen LogP contribution is -2.41. The van der Waals surface area contributed by atoms with Crippen LogP contribution in [0.25, 0.3) is 10.9 Å². The van der Waals surface area contributed by atoms with Gasteiger partial charge in [0.05, 0.1) is 5.52 Å². The van der Waals surface area contributed by atoms with Gasteiger partial charge in [-0.2, -0.15) is 0 Å². The second kappa shape index (κ2) is 6.70. The van der Waals surface area contributed by atoms with Crippen LogP contribution in [-0.4, -0.2) is 34.7 Å². The number of nitrogens with one attached hydrogen (secondary N) is 1. The van der Waals surface area contributed by atoms with Gasteiger partial charge >= 0.3 is 6.09 Å². The topological polar surface area (TPSA) is 45.3 Å². The number of amides is 1. The zero-order chi connectivity index (χ0) is 18.2. The van der Waals surface area contributed by atoms with Crippen molar-refractivity contribution >= 4 is 17.0 Å². The number of ether oxygens (including phenoxy) is 1. The monoisotopic (exact) mass is 346 g/mol. The van der Waals surface area contributed by atoms with Crippen LogP contribution < -0.4 is 0 Å². The van der Waals surface area contributed by atoms with Crippen LogP contribution in [0.1, 0.15) is 57.6 Å². The van der Waals surface area contributed by atoms with Crippen LogP contribution >= 0.6 is 0 Å². The lowest BCUT2D eigenvalue weighted by atomic mass is 9.88. The number of aromatic amines is 1. The summed E-state index contributed by atoms with van der Waals surface area (Å²) in [6.07, 6.45) is 4.17. The number of rotatable bonds is 2. The SMILES string of the molecule is CCc1c[nH]c2c(F)cc(C3CCN(C(=O)OC(C)(C)C)CC3)cc12. The van der Waals surface area contributed by atoms with Gasteiger partial charge in [-0.05, 0) is 69.2 Å². The van der Waals surface area contributed by atoms with Crippen molar-refractivity contribution in [2.75, 3.05) is 13.1 Å². The van der Waals surface area contributed by atoms with Gasteiger partial charge < -0.3 is 14.6 Å². The maximum atomic E-state index is 14.4. The van der Waals surface area contributed by atoms with E-state index in [0.29, 0.717) is 18.6 Å². The van der Waals surface area contributed by atoms with E-state index in [9.17, 15) is 9.18 Å². The molecule has 3 rings (SSSR count). The number of benzene rings is 1. The molecular weight excluding hydrogens is 319 g/mol. The number of likely N-dealkylation sites (tertiary alicyclic amines) is 1. The molecule has 25 heavy (non-hydrogen) atoms. The van der Waals surface area contributed by atoms with Gasteiger partial charge in [-0.1, -0.05) is 6.92 Å². The molecule has 4 nitrogen and oxygen atoms in total. The number of H-pyrrole nitrogens is 1. The van der Waals surface area contributed by atoms with Gasteiger partial charge in [-0.25, -0.2) is 9.18 Å². The fourth-order valence-corrected chi connectivity index (χ4v) is 3.51. The lowest BCUT2D eigenvalue weighted by Gasteiger charge is -2.33. The highest BCUT2D eigenvalue weighted by Gasteiger charge is 2.28. The smallest absolute Gasteiger partial charge is 0.410 e. The van der Waals surface area contributed by atoms with Crippen molar-refractivity contribution in [2.45, 2.75) is 58.5 Å². The Labute approximate surface area is 148 Å². The molecule has 0 atom stereocenters. The van der Waals surface area contributed by atoms with Crippen LogP contribution in [0.5, 0.6) is 0 Å². The Hall–Kier alpha value is -2.04. The molecule has 1 aliphatic heterocycles. The van der Waals surface area contributed by atoms with Crippen molar-refractivity contribution < 1.29 is 13.9 Å². The number of aryl methyl sites for hydroxylation is 1. The molecule has 1 aromatic heterocycles. The fraction of sp³-hybridized carbons (Fsp3) is 0.550. The number of hydrogen-bond acceptors (Lipinski definition) is 2. The largest absolute Gasteiger partial charge is 0.444 e. The Morgan fingerprint density at radius 2 is 2.00 bits per heavy atom. The molecule has 5 heteroatoms. The molecule has 1 fully saturated rings. The number of nitrogens with zero attached hydrogens (tertiary/aromatic N) is 1. The summed E-state index contributed by atoms with van der Waals surface area (Å²) in [5.74, 6) is 0.0824. The minimum Gasteiger partial charge on any atom is -0.444 e. The zero-order valence-electron chi connectivity index (χ0n) is 15.5. The summed E-state index contributed by atoms with van der Waals surface area (Å²) in [4.78, 5) is 17.0. The predicted octanol–water partition coefficient (Wildman–Crippen LogP) is 4.98. The van der Waals surface area contributed by atoms with Gasteiger partial charge in [0.1, 0.15) is 11.4 Å². The molecule has 0 radical (unpaired) electrons. The van der Waals surface area contributed by atoms with Crippen LogP contribution in [0.2, 0.25) is 0 Å².